The van der Waals surface area contributed by atoms with E-state index in [1.165, 1.54) is 5.69 Å². The van der Waals surface area contributed by atoms with E-state index in [1.54, 1.807) is 13.4 Å². The van der Waals surface area contributed by atoms with Crippen molar-refractivity contribution in [3.8, 4) is 5.75 Å². The highest BCUT2D eigenvalue weighted by Crippen LogP contribution is 2.20. The first-order chi connectivity index (χ1) is 14.8. The molecule has 0 spiro atoms. The molecule has 7 heteroatoms. The summed E-state index contributed by atoms with van der Waals surface area (Å²) in [6, 6.07) is 12.2. The molecule has 0 amide bonds. The number of guanidine groups is 1. The van der Waals surface area contributed by atoms with Crippen molar-refractivity contribution in [2.75, 3.05) is 57.9 Å². The van der Waals surface area contributed by atoms with Gasteiger partial charge in [0.25, 0.3) is 0 Å². The Balaban J connectivity index is 1.34. The predicted octanol–water partition coefficient (Wildman–Crippen LogP) is 2.78. The van der Waals surface area contributed by atoms with Crippen molar-refractivity contribution in [3.63, 3.8) is 0 Å². The molecule has 30 heavy (non-hydrogen) atoms. The second-order valence-corrected chi connectivity index (χ2v) is 7.73. The van der Waals surface area contributed by atoms with Gasteiger partial charge in [0.2, 0.25) is 0 Å². The average Bonchev–Trinajstić information content (AvgIpc) is 3.51. The maximum atomic E-state index is 5.76. The van der Waals surface area contributed by atoms with Gasteiger partial charge in [0.1, 0.15) is 11.5 Å². The summed E-state index contributed by atoms with van der Waals surface area (Å²) in [7, 11) is 1.70. The number of piperazine rings is 1. The molecule has 1 N–H and O–H groups in total. The summed E-state index contributed by atoms with van der Waals surface area (Å²) < 4.78 is 16.5. The van der Waals surface area contributed by atoms with Crippen LogP contribution in [0.4, 0.5) is 5.69 Å². The summed E-state index contributed by atoms with van der Waals surface area (Å²) in [6.45, 7) is 6.19. The number of rotatable bonds is 7. The Morgan fingerprint density at radius 1 is 1.17 bits per heavy atom. The molecule has 1 aromatic heterocycles. The quantitative estimate of drug-likeness (QED) is 0.557. The minimum absolute atomic E-state index is 0.257. The van der Waals surface area contributed by atoms with Gasteiger partial charge in [-0.15, -0.1) is 0 Å². The number of furan rings is 1. The van der Waals surface area contributed by atoms with Gasteiger partial charge in [0.05, 0.1) is 26.0 Å². The van der Waals surface area contributed by atoms with Crippen LogP contribution in [0.25, 0.3) is 0 Å². The molecule has 2 fully saturated rings. The number of methoxy groups -OCH3 is 1. The summed E-state index contributed by atoms with van der Waals surface area (Å²) in [6.07, 6.45) is 5.07. The van der Waals surface area contributed by atoms with Crippen LogP contribution in [-0.2, 0) is 11.2 Å². The highest BCUT2D eigenvalue weighted by atomic mass is 16.5. The van der Waals surface area contributed by atoms with Crippen molar-refractivity contribution in [1.29, 1.82) is 0 Å². The molecular weight excluding hydrogens is 380 g/mol. The van der Waals surface area contributed by atoms with E-state index in [9.17, 15) is 0 Å². The van der Waals surface area contributed by atoms with Gasteiger partial charge in [-0.2, -0.15) is 0 Å². The molecule has 0 saturated carbocycles. The van der Waals surface area contributed by atoms with E-state index in [1.807, 2.05) is 24.3 Å². The number of hydrogen-bond acceptors (Lipinski definition) is 5. The van der Waals surface area contributed by atoms with Crippen molar-refractivity contribution in [3.05, 3.63) is 48.4 Å². The van der Waals surface area contributed by atoms with E-state index in [2.05, 4.69) is 27.2 Å². The topological polar surface area (TPSA) is 62.5 Å². The van der Waals surface area contributed by atoms with Crippen molar-refractivity contribution in [1.82, 2.24) is 10.2 Å². The molecular formula is C23H32N4O3. The molecule has 3 heterocycles. The second kappa shape index (κ2) is 10.4. The van der Waals surface area contributed by atoms with Crippen LogP contribution in [-0.4, -0.2) is 69.9 Å². The van der Waals surface area contributed by atoms with Crippen LogP contribution in [0.5, 0.6) is 5.75 Å². The summed E-state index contributed by atoms with van der Waals surface area (Å²) in [5.74, 6) is 2.86. The lowest BCUT2D eigenvalue weighted by molar-refractivity contribution is 0.117. The van der Waals surface area contributed by atoms with Crippen LogP contribution in [0.1, 0.15) is 18.6 Å². The van der Waals surface area contributed by atoms with Crippen LogP contribution >= 0.6 is 0 Å². The van der Waals surface area contributed by atoms with E-state index >= 15 is 0 Å². The van der Waals surface area contributed by atoms with E-state index < -0.39 is 0 Å². The Bertz CT molecular complexity index is 777. The first-order valence-electron chi connectivity index (χ1n) is 10.9. The fourth-order valence-electron chi connectivity index (χ4n) is 3.97. The smallest absolute Gasteiger partial charge is 0.194 e. The fourth-order valence-corrected chi connectivity index (χ4v) is 3.97. The average molecular weight is 413 g/mol. The van der Waals surface area contributed by atoms with E-state index in [0.29, 0.717) is 0 Å². The Kier molecular flexibility index (Phi) is 7.13. The Labute approximate surface area is 178 Å². The van der Waals surface area contributed by atoms with Gasteiger partial charge in [-0.25, -0.2) is 0 Å². The largest absolute Gasteiger partial charge is 0.497 e. The van der Waals surface area contributed by atoms with Gasteiger partial charge in [0, 0.05) is 51.4 Å². The Morgan fingerprint density at radius 2 is 2.00 bits per heavy atom. The second-order valence-electron chi connectivity index (χ2n) is 7.73. The van der Waals surface area contributed by atoms with Crippen LogP contribution in [0.3, 0.4) is 0 Å². The number of anilines is 1. The number of aliphatic imine (C=N–C) groups is 1. The maximum Gasteiger partial charge on any atom is 0.194 e. The van der Waals surface area contributed by atoms with Crippen molar-refractivity contribution in [2.45, 2.75) is 25.4 Å². The van der Waals surface area contributed by atoms with Crippen molar-refractivity contribution < 1.29 is 13.9 Å². The molecule has 1 aromatic carbocycles. The lowest BCUT2D eigenvalue weighted by atomic mass is 10.2. The first-order valence-corrected chi connectivity index (χ1v) is 10.9. The molecule has 2 aliphatic rings. The summed E-state index contributed by atoms with van der Waals surface area (Å²) in [4.78, 5) is 9.68. The zero-order valence-corrected chi connectivity index (χ0v) is 17.8. The predicted molar refractivity (Wildman–Crippen MR) is 118 cm³/mol. The highest BCUT2D eigenvalue weighted by molar-refractivity contribution is 5.80. The standard InChI is InChI=1S/C23H32N4O3/c1-28-20-8-6-19(7-9-20)26-12-14-27(15-13-26)23(25-18-22-5-3-17-30-22)24-11-10-21-4-2-16-29-21/h2,4,6-9,16,22H,3,5,10-15,17-18H2,1H3,(H,24,25). The number of nitrogens with zero attached hydrogens (tertiary/aromatic N) is 3. The highest BCUT2D eigenvalue weighted by Gasteiger charge is 2.21. The number of benzene rings is 1. The van der Waals surface area contributed by atoms with Crippen LogP contribution in [0.2, 0.25) is 0 Å². The molecule has 0 aliphatic carbocycles. The van der Waals surface area contributed by atoms with E-state index in [4.69, 9.17) is 18.9 Å². The summed E-state index contributed by atoms with van der Waals surface area (Å²) >= 11 is 0. The number of hydrogen-bond donors (Lipinski definition) is 1. The van der Waals surface area contributed by atoms with Gasteiger partial charge >= 0.3 is 0 Å². The lowest BCUT2D eigenvalue weighted by Gasteiger charge is -2.38. The summed E-state index contributed by atoms with van der Waals surface area (Å²) in [5, 5.41) is 3.55. The molecule has 162 valence electrons. The minimum Gasteiger partial charge on any atom is -0.497 e. The fraction of sp³-hybridized carbons (Fsp3) is 0.522. The monoisotopic (exact) mass is 412 g/mol. The van der Waals surface area contributed by atoms with Gasteiger partial charge < -0.3 is 29.0 Å². The molecule has 2 aromatic rings. The van der Waals surface area contributed by atoms with E-state index in [-0.39, 0.29) is 6.10 Å². The number of nitrogens with one attached hydrogen (secondary N) is 1. The first kappa shape index (κ1) is 20.6. The third-order valence-electron chi connectivity index (χ3n) is 5.72. The molecule has 0 radical (unpaired) electrons. The number of ether oxygens (including phenoxy) is 2. The van der Waals surface area contributed by atoms with Crippen molar-refractivity contribution >= 4 is 11.6 Å². The molecule has 1 atom stereocenters. The molecule has 7 nitrogen and oxygen atoms in total. The zero-order chi connectivity index (χ0) is 20.6. The zero-order valence-electron chi connectivity index (χ0n) is 17.8. The molecule has 2 aliphatic heterocycles. The molecule has 2 saturated heterocycles. The minimum atomic E-state index is 0.257. The van der Waals surface area contributed by atoms with Crippen LogP contribution in [0, 0.1) is 0 Å². The van der Waals surface area contributed by atoms with E-state index in [0.717, 1.165) is 82.6 Å². The third-order valence-corrected chi connectivity index (χ3v) is 5.72. The SMILES string of the molecule is COc1ccc(N2CCN(C(=NCC3CCCO3)NCCc3ccco3)CC2)cc1. The third kappa shape index (κ3) is 5.48. The van der Waals surface area contributed by atoms with Crippen LogP contribution in [0.15, 0.2) is 52.1 Å². The van der Waals surface area contributed by atoms with Gasteiger partial charge in [0.15, 0.2) is 5.96 Å². The molecule has 4 rings (SSSR count). The summed E-state index contributed by atoms with van der Waals surface area (Å²) in [5.41, 5.74) is 1.24. The Hall–Kier alpha value is -2.67. The molecule has 1 unspecified atom stereocenters. The van der Waals surface area contributed by atoms with Gasteiger partial charge in [-0.05, 0) is 49.2 Å². The lowest BCUT2D eigenvalue weighted by Crippen LogP contribution is -2.53. The normalized spacial score (nSPS) is 19.9. The van der Waals surface area contributed by atoms with Crippen molar-refractivity contribution in [2.24, 2.45) is 4.99 Å². The van der Waals surface area contributed by atoms with Gasteiger partial charge in [-0.1, -0.05) is 0 Å². The van der Waals surface area contributed by atoms with Gasteiger partial charge in [-0.3, -0.25) is 4.99 Å². The molecule has 0 bridgehead atoms. The Morgan fingerprint density at radius 3 is 2.67 bits per heavy atom. The maximum absolute atomic E-state index is 5.76. The van der Waals surface area contributed by atoms with Crippen LogP contribution < -0.4 is 15.0 Å².